The van der Waals surface area contributed by atoms with Crippen LogP contribution in [0, 0.1) is 6.92 Å². The predicted molar refractivity (Wildman–Crippen MR) is 78.6 cm³/mol. The second-order valence-electron chi connectivity index (χ2n) is 3.75. The summed E-state index contributed by atoms with van der Waals surface area (Å²) < 4.78 is 1.15. The lowest BCUT2D eigenvalue weighted by Gasteiger charge is -2.07. The molecule has 1 aromatic carbocycles. The van der Waals surface area contributed by atoms with Gasteiger partial charge in [0.15, 0.2) is 0 Å². The molecule has 0 N–H and O–H groups in total. The Kier molecular flexibility index (Phi) is 4.22. The maximum atomic E-state index is 3.76. The third-order valence-electron chi connectivity index (χ3n) is 2.37. The summed E-state index contributed by atoms with van der Waals surface area (Å²) in [5, 5.41) is 0. The number of aryl methyl sites for hydroxylation is 1. The maximum absolute atomic E-state index is 3.76. The molecule has 0 saturated carbocycles. The molecule has 0 amide bonds. The van der Waals surface area contributed by atoms with Crippen molar-refractivity contribution in [3.63, 3.8) is 0 Å². The zero-order chi connectivity index (χ0) is 11.5. The van der Waals surface area contributed by atoms with Gasteiger partial charge in [-0.1, -0.05) is 44.0 Å². The molecule has 0 saturated heterocycles. The Morgan fingerprint density at radius 1 is 1.25 bits per heavy atom. The number of rotatable bonds is 3. The first-order valence-corrected chi connectivity index (χ1v) is 7.62. The van der Waals surface area contributed by atoms with Crippen molar-refractivity contribution in [1.29, 1.82) is 0 Å². The van der Waals surface area contributed by atoms with Crippen LogP contribution in [0.25, 0.3) is 0 Å². The molecular weight excluding hydrogens is 348 g/mol. The van der Waals surface area contributed by atoms with Crippen molar-refractivity contribution < 1.29 is 0 Å². The lowest BCUT2D eigenvalue weighted by molar-refractivity contribution is 0.968. The van der Waals surface area contributed by atoms with E-state index in [2.05, 4.69) is 75.2 Å². The Balaban J connectivity index is 2.10. The highest BCUT2D eigenvalue weighted by molar-refractivity contribution is 9.10. The molecule has 0 aliphatic carbocycles. The Labute approximate surface area is 117 Å². The van der Waals surface area contributed by atoms with Gasteiger partial charge in [0.05, 0.1) is 4.83 Å². The molecule has 84 valence electrons. The fourth-order valence-electron chi connectivity index (χ4n) is 1.59. The molecule has 0 spiro atoms. The minimum absolute atomic E-state index is 0.417. The molecule has 0 nitrogen and oxygen atoms in total. The molecule has 0 radical (unpaired) electrons. The van der Waals surface area contributed by atoms with Crippen LogP contribution in [-0.4, -0.2) is 0 Å². The average molecular weight is 360 g/mol. The van der Waals surface area contributed by atoms with E-state index in [9.17, 15) is 0 Å². The summed E-state index contributed by atoms with van der Waals surface area (Å²) in [4.78, 5) is 3.19. The average Bonchev–Trinajstić information content (AvgIpc) is 2.65. The number of halogens is 2. The molecule has 0 fully saturated rings. The highest BCUT2D eigenvalue weighted by Crippen LogP contribution is 2.32. The van der Waals surface area contributed by atoms with Gasteiger partial charge in [-0.2, -0.15) is 0 Å². The van der Waals surface area contributed by atoms with Gasteiger partial charge in [0, 0.05) is 14.2 Å². The SMILES string of the molecule is Cc1ccc(C(Br)Cc2cccc(Br)c2)s1. The third kappa shape index (κ3) is 3.19. The van der Waals surface area contributed by atoms with Crippen LogP contribution in [-0.2, 0) is 6.42 Å². The van der Waals surface area contributed by atoms with Crippen molar-refractivity contribution in [2.24, 2.45) is 0 Å². The Hall–Kier alpha value is -0.120. The van der Waals surface area contributed by atoms with Crippen molar-refractivity contribution >= 4 is 43.2 Å². The minimum Gasteiger partial charge on any atom is -0.145 e. The van der Waals surface area contributed by atoms with Gasteiger partial charge in [0.25, 0.3) is 0 Å². The monoisotopic (exact) mass is 358 g/mol. The van der Waals surface area contributed by atoms with Crippen molar-refractivity contribution in [2.45, 2.75) is 18.2 Å². The van der Waals surface area contributed by atoms with Gasteiger partial charge in [-0.3, -0.25) is 0 Å². The number of hydrogen-bond acceptors (Lipinski definition) is 1. The second kappa shape index (κ2) is 5.48. The molecule has 0 bridgehead atoms. The van der Waals surface area contributed by atoms with E-state index in [1.54, 1.807) is 0 Å². The van der Waals surface area contributed by atoms with Crippen molar-refractivity contribution in [3.8, 4) is 0 Å². The van der Waals surface area contributed by atoms with Crippen LogP contribution in [0.15, 0.2) is 40.9 Å². The second-order valence-corrected chi connectivity index (χ2v) is 7.09. The normalized spacial score (nSPS) is 12.7. The van der Waals surface area contributed by atoms with Crippen LogP contribution >= 0.6 is 43.2 Å². The zero-order valence-electron chi connectivity index (χ0n) is 8.91. The van der Waals surface area contributed by atoms with Crippen molar-refractivity contribution in [2.75, 3.05) is 0 Å². The molecule has 1 atom stereocenters. The smallest absolute Gasteiger partial charge is 0.0529 e. The first-order chi connectivity index (χ1) is 7.65. The number of hydrogen-bond donors (Lipinski definition) is 0. The maximum Gasteiger partial charge on any atom is 0.0529 e. The molecular formula is C13H12Br2S. The summed E-state index contributed by atoms with van der Waals surface area (Å²) in [5.41, 5.74) is 1.35. The standard InChI is InChI=1S/C13H12Br2S/c1-9-5-6-13(16-9)12(15)8-10-3-2-4-11(14)7-10/h2-7,12H,8H2,1H3. The number of benzene rings is 1. The van der Waals surface area contributed by atoms with E-state index in [-0.39, 0.29) is 0 Å². The largest absolute Gasteiger partial charge is 0.145 e. The Bertz CT molecular complexity index is 476. The van der Waals surface area contributed by atoms with Gasteiger partial charge < -0.3 is 0 Å². The highest BCUT2D eigenvalue weighted by Gasteiger charge is 2.10. The fourth-order valence-corrected chi connectivity index (χ4v) is 3.70. The van der Waals surface area contributed by atoms with Crippen LogP contribution in [0.3, 0.4) is 0 Å². The van der Waals surface area contributed by atoms with E-state index >= 15 is 0 Å². The summed E-state index contributed by atoms with van der Waals surface area (Å²) in [5.74, 6) is 0. The van der Waals surface area contributed by atoms with E-state index in [4.69, 9.17) is 0 Å². The van der Waals surface area contributed by atoms with E-state index in [0.29, 0.717) is 4.83 Å². The fraction of sp³-hybridized carbons (Fsp3) is 0.231. The molecule has 16 heavy (non-hydrogen) atoms. The van der Waals surface area contributed by atoms with E-state index < -0.39 is 0 Å². The van der Waals surface area contributed by atoms with Gasteiger partial charge in [-0.15, -0.1) is 11.3 Å². The van der Waals surface area contributed by atoms with E-state index in [0.717, 1.165) is 10.9 Å². The summed E-state index contributed by atoms with van der Waals surface area (Å²) in [6.45, 7) is 2.15. The van der Waals surface area contributed by atoms with Crippen LogP contribution in [0.4, 0.5) is 0 Å². The van der Waals surface area contributed by atoms with Crippen LogP contribution in [0.5, 0.6) is 0 Å². The topological polar surface area (TPSA) is 0 Å². The van der Waals surface area contributed by atoms with Crippen LogP contribution in [0.1, 0.15) is 20.1 Å². The Morgan fingerprint density at radius 2 is 2.06 bits per heavy atom. The molecule has 2 aromatic rings. The first-order valence-electron chi connectivity index (χ1n) is 5.10. The molecule has 0 aliphatic rings. The zero-order valence-corrected chi connectivity index (χ0v) is 12.9. The molecule has 3 heteroatoms. The third-order valence-corrected chi connectivity index (χ3v) is 5.10. The minimum atomic E-state index is 0.417. The molecule has 2 rings (SSSR count). The lowest BCUT2D eigenvalue weighted by Crippen LogP contribution is -1.92. The van der Waals surface area contributed by atoms with Gasteiger partial charge in [0.2, 0.25) is 0 Å². The van der Waals surface area contributed by atoms with Crippen molar-refractivity contribution in [3.05, 3.63) is 56.2 Å². The quantitative estimate of drug-likeness (QED) is 0.635. The van der Waals surface area contributed by atoms with Crippen molar-refractivity contribution in [1.82, 2.24) is 0 Å². The summed E-state index contributed by atoms with van der Waals surface area (Å²) >= 11 is 9.12. The molecule has 1 heterocycles. The molecule has 0 aliphatic heterocycles. The first kappa shape index (κ1) is 12.3. The van der Waals surface area contributed by atoms with E-state index in [1.165, 1.54) is 15.3 Å². The Morgan fingerprint density at radius 3 is 2.69 bits per heavy atom. The van der Waals surface area contributed by atoms with Crippen LogP contribution in [0.2, 0.25) is 0 Å². The van der Waals surface area contributed by atoms with Gasteiger partial charge in [-0.05, 0) is 43.2 Å². The summed E-state index contributed by atoms with van der Waals surface area (Å²) in [6.07, 6.45) is 1.03. The summed E-state index contributed by atoms with van der Waals surface area (Å²) in [7, 11) is 0. The predicted octanol–water partition coefficient (Wildman–Crippen LogP) is 5.50. The summed E-state index contributed by atoms with van der Waals surface area (Å²) in [6, 6.07) is 12.9. The van der Waals surface area contributed by atoms with Gasteiger partial charge in [0.1, 0.15) is 0 Å². The molecule has 1 unspecified atom stereocenters. The van der Waals surface area contributed by atoms with Gasteiger partial charge in [-0.25, -0.2) is 0 Å². The molecule has 1 aromatic heterocycles. The number of alkyl halides is 1. The number of thiophene rings is 1. The lowest BCUT2D eigenvalue weighted by atomic mass is 10.1. The van der Waals surface area contributed by atoms with Gasteiger partial charge >= 0.3 is 0 Å². The highest BCUT2D eigenvalue weighted by atomic mass is 79.9. The van der Waals surface area contributed by atoms with Crippen LogP contribution < -0.4 is 0 Å². The van der Waals surface area contributed by atoms with E-state index in [1.807, 2.05) is 11.3 Å².